The van der Waals surface area contributed by atoms with Gasteiger partial charge in [-0.2, -0.15) is 4.99 Å². The van der Waals surface area contributed by atoms with Crippen LogP contribution < -0.4 is 16.4 Å². The number of aliphatic imine (C=N–C) groups is 2. The number of anilines is 1. The molecule has 0 amide bonds. The van der Waals surface area contributed by atoms with Crippen LogP contribution in [-0.4, -0.2) is 79.2 Å². The molecular weight excluding hydrogens is 370 g/mol. The van der Waals surface area contributed by atoms with E-state index in [2.05, 4.69) is 20.2 Å². The highest BCUT2D eigenvalue weighted by atomic mass is 19.3. The molecule has 0 aliphatic carbocycles. The van der Waals surface area contributed by atoms with Crippen LogP contribution >= 0.6 is 0 Å². The first kappa shape index (κ1) is 19.0. The van der Waals surface area contributed by atoms with Gasteiger partial charge in [-0.15, -0.1) is 4.99 Å². The largest absolute Gasteiger partial charge is 0.384 e. The molecule has 3 aliphatic heterocycles. The molecule has 0 spiro atoms. The highest BCUT2D eigenvalue weighted by molar-refractivity contribution is 5.92. The number of nitrogens with one attached hydrogen (secondary N) is 1. The average molecular weight is 395 g/mol. The Labute approximate surface area is 161 Å². The standard InChI is InChI=1S/C17H24F2N8O/c18-14(19)11-9-13(20)22-10-12(11)15-23-16(26-3-1-21-2-4-26)25-17(24-15)27-5-7-28-8-6-27/h9-10,14-15,21H,1-8H2,(H2,20,22)(H,23,24,25)/p+1. The first-order valence-electron chi connectivity index (χ1n) is 9.45. The highest BCUT2D eigenvalue weighted by Gasteiger charge is 2.33. The lowest BCUT2D eigenvalue weighted by Crippen LogP contribution is -2.93. The summed E-state index contributed by atoms with van der Waals surface area (Å²) < 4.78 is 32.7. The molecule has 3 aliphatic rings. The lowest BCUT2D eigenvalue weighted by atomic mass is 10.1. The summed E-state index contributed by atoms with van der Waals surface area (Å²) in [6.07, 6.45) is -1.84. The van der Waals surface area contributed by atoms with Crippen molar-refractivity contribution < 1.29 is 18.8 Å². The minimum atomic E-state index is -2.66. The Morgan fingerprint density at radius 2 is 1.93 bits per heavy atom. The molecule has 4 heterocycles. The van der Waals surface area contributed by atoms with Crippen LogP contribution in [-0.2, 0) is 4.74 Å². The van der Waals surface area contributed by atoms with Crippen LogP contribution in [0.25, 0.3) is 0 Å². The monoisotopic (exact) mass is 395 g/mol. The maximum atomic E-state index is 13.6. The Morgan fingerprint density at radius 3 is 2.64 bits per heavy atom. The number of pyridine rings is 1. The molecule has 2 fully saturated rings. The van der Waals surface area contributed by atoms with E-state index in [0.717, 1.165) is 32.1 Å². The van der Waals surface area contributed by atoms with Gasteiger partial charge in [0.05, 0.1) is 18.8 Å². The topological polar surface area (TPSA) is 108 Å². The molecule has 1 aromatic rings. The van der Waals surface area contributed by atoms with Crippen LogP contribution in [0.3, 0.4) is 0 Å². The van der Waals surface area contributed by atoms with Gasteiger partial charge in [-0.1, -0.05) is 0 Å². The first-order valence-corrected chi connectivity index (χ1v) is 9.45. The second kappa shape index (κ2) is 8.33. The van der Waals surface area contributed by atoms with Gasteiger partial charge >= 0.3 is 5.96 Å². The molecule has 11 heteroatoms. The predicted molar refractivity (Wildman–Crippen MR) is 100.0 cm³/mol. The summed E-state index contributed by atoms with van der Waals surface area (Å²) in [5.41, 5.74) is 5.85. The van der Waals surface area contributed by atoms with Crippen LogP contribution in [0.5, 0.6) is 0 Å². The van der Waals surface area contributed by atoms with Gasteiger partial charge in [0.15, 0.2) is 0 Å². The summed E-state index contributed by atoms with van der Waals surface area (Å²) in [5, 5.41) is 5.15. The minimum Gasteiger partial charge on any atom is -0.384 e. The Balaban J connectivity index is 1.68. The maximum absolute atomic E-state index is 13.6. The maximum Gasteiger partial charge on any atom is 0.307 e. The molecule has 1 atom stereocenters. The molecule has 9 nitrogen and oxygen atoms in total. The number of nitrogens with two attached hydrogens (primary N) is 2. The summed E-state index contributed by atoms with van der Waals surface area (Å²) in [4.78, 5) is 17.7. The third-order valence-electron chi connectivity index (χ3n) is 5.05. The lowest BCUT2D eigenvalue weighted by molar-refractivity contribution is -0.596. The molecule has 0 radical (unpaired) electrons. The zero-order chi connectivity index (χ0) is 19.5. The smallest absolute Gasteiger partial charge is 0.307 e. The third-order valence-corrected chi connectivity index (χ3v) is 5.05. The van der Waals surface area contributed by atoms with Gasteiger partial charge in [0.2, 0.25) is 12.1 Å². The summed E-state index contributed by atoms with van der Waals surface area (Å²) in [5.74, 6) is 1.39. The van der Waals surface area contributed by atoms with Crippen molar-refractivity contribution in [3.8, 4) is 0 Å². The van der Waals surface area contributed by atoms with Crippen molar-refractivity contribution >= 4 is 17.7 Å². The van der Waals surface area contributed by atoms with E-state index in [0.29, 0.717) is 37.8 Å². The summed E-state index contributed by atoms with van der Waals surface area (Å²) in [7, 11) is 0. The lowest BCUT2D eigenvalue weighted by Gasteiger charge is -2.34. The van der Waals surface area contributed by atoms with Gasteiger partial charge in [-0.3, -0.25) is 5.32 Å². The Kier molecular flexibility index (Phi) is 5.64. The number of nitrogen functional groups attached to an aromatic ring is 1. The number of quaternary nitrogens is 1. The van der Waals surface area contributed by atoms with Crippen LogP contribution in [0, 0.1) is 0 Å². The van der Waals surface area contributed by atoms with E-state index >= 15 is 0 Å². The highest BCUT2D eigenvalue weighted by Crippen LogP contribution is 2.28. The number of alkyl halides is 2. The normalized spacial score (nSPS) is 23.6. The van der Waals surface area contributed by atoms with Crippen molar-refractivity contribution in [1.29, 1.82) is 0 Å². The molecule has 5 N–H and O–H groups in total. The Morgan fingerprint density at radius 1 is 1.18 bits per heavy atom. The zero-order valence-electron chi connectivity index (χ0n) is 15.5. The number of hydrogen-bond acceptors (Lipinski definition) is 8. The number of ether oxygens (including phenoxy) is 1. The van der Waals surface area contributed by atoms with E-state index in [1.165, 1.54) is 12.3 Å². The van der Waals surface area contributed by atoms with Gasteiger partial charge in [0, 0.05) is 51.0 Å². The van der Waals surface area contributed by atoms with Crippen molar-refractivity contribution in [3.05, 3.63) is 23.4 Å². The van der Waals surface area contributed by atoms with E-state index in [1.54, 1.807) is 0 Å². The predicted octanol–water partition coefficient (Wildman–Crippen LogP) is -0.874. The Hall–Kier alpha value is -2.37. The van der Waals surface area contributed by atoms with Crippen molar-refractivity contribution in [2.45, 2.75) is 12.6 Å². The number of hydrogen-bond donors (Lipinski definition) is 3. The number of guanidine groups is 2. The van der Waals surface area contributed by atoms with Crippen molar-refractivity contribution in [2.24, 2.45) is 9.98 Å². The fourth-order valence-electron chi connectivity index (χ4n) is 3.55. The average Bonchev–Trinajstić information content (AvgIpc) is 2.74. The molecule has 152 valence electrons. The number of halogens is 2. The number of aromatic nitrogens is 1. The van der Waals surface area contributed by atoms with Crippen LogP contribution in [0.4, 0.5) is 14.6 Å². The Bertz CT molecular complexity index is 760. The van der Waals surface area contributed by atoms with Crippen LogP contribution in [0.1, 0.15) is 23.7 Å². The van der Waals surface area contributed by atoms with Crippen molar-refractivity contribution in [2.75, 3.05) is 58.2 Å². The fourth-order valence-corrected chi connectivity index (χ4v) is 3.55. The second-order valence-electron chi connectivity index (χ2n) is 6.89. The van der Waals surface area contributed by atoms with Crippen LogP contribution in [0.15, 0.2) is 22.2 Å². The molecule has 2 saturated heterocycles. The van der Waals surface area contributed by atoms with E-state index in [1.807, 2.05) is 10.2 Å². The number of morpholine rings is 1. The van der Waals surface area contributed by atoms with E-state index in [-0.39, 0.29) is 11.4 Å². The fraction of sp³-hybridized carbons (Fsp3) is 0.588. The summed E-state index contributed by atoms with van der Waals surface area (Å²) in [6.45, 7) is 5.85. The molecule has 4 rings (SSSR count). The van der Waals surface area contributed by atoms with Gasteiger partial charge in [0.25, 0.3) is 6.43 Å². The quantitative estimate of drug-likeness (QED) is 0.601. The van der Waals surface area contributed by atoms with Gasteiger partial charge < -0.3 is 25.6 Å². The SMILES string of the molecule is Nc1cc(C(F)F)c(C2N=C(N3CCOCC3)N=C(N3CCNCC3)[NH2+]2)cn1. The van der Waals surface area contributed by atoms with E-state index in [9.17, 15) is 8.78 Å². The second-order valence-corrected chi connectivity index (χ2v) is 6.89. The zero-order valence-corrected chi connectivity index (χ0v) is 15.5. The number of piperazine rings is 1. The van der Waals surface area contributed by atoms with Crippen molar-refractivity contribution in [3.63, 3.8) is 0 Å². The molecule has 0 saturated carbocycles. The third kappa shape index (κ3) is 4.05. The van der Waals surface area contributed by atoms with Gasteiger partial charge in [-0.25, -0.2) is 13.8 Å². The summed E-state index contributed by atoms with van der Waals surface area (Å²) in [6, 6.07) is 1.23. The summed E-state index contributed by atoms with van der Waals surface area (Å²) >= 11 is 0. The van der Waals surface area contributed by atoms with Gasteiger partial charge in [-0.05, 0) is 6.07 Å². The molecule has 0 aromatic carbocycles. The molecule has 1 aromatic heterocycles. The molecular formula is C17H25F2N8O+. The number of nitrogens with zero attached hydrogens (tertiary/aromatic N) is 5. The van der Waals surface area contributed by atoms with Crippen molar-refractivity contribution in [1.82, 2.24) is 20.1 Å². The number of rotatable bonds is 2. The minimum absolute atomic E-state index is 0.0724. The van der Waals surface area contributed by atoms with E-state index < -0.39 is 12.6 Å². The first-order chi connectivity index (χ1) is 13.6. The molecule has 28 heavy (non-hydrogen) atoms. The molecule has 0 bridgehead atoms. The van der Waals surface area contributed by atoms with Gasteiger partial charge in [0.1, 0.15) is 5.82 Å². The molecule has 1 unspecified atom stereocenters. The van der Waals surface area contributed by atoms with Crippen LogP contribution in [0.2, 0.25) is 0 Å². The van der Waals surface area contributed by atoms with E-state index in [4.69, 9.17) is 15.5 Å².